The van der Waals surface area contributed by atoms with Crippen LogP contribution < -0.4 is 5.32 Å². The lowest BCUT2D eigenvalue weighted by atomic mass is 10.1. The predicted octanol–water partition coefficient (Wildman–Crippen LogP) is 5.22. The topological polar surface area (TPSA) is 49.4 Å². The third kappa shape index (κ3) is 7.06. The van der Waals surface area contributed by atoms with Crippen molar-refractivity contribution in [2.45, 2.75) is 52.0 Å². The Morgan fingerprint density at radius 3 is 2.37 bits per heavy atom. The standard InChI is InChI=1S/C24H31ClN2O2S/c1-4-14-26-24(29)22(5-2)27(15-19-11-7-6-10-18(19)3)23(28)17-30-16-20-12-8-9-13-21(20)25/h6-13,22H,4-5,14-17H2,1-3H3,(H,26,29). The van der Waals surface area contributed by atoms with Crippen LogP contribution in [0.25, 0.3) is 0 Å². The van der Waals surface area contributed by atoms with Gasteiger partial charge in [-0.1, -0.05) is 67.9 Å². The molecule has 0 aliphatic carbocycles. The maximum atomic E-state index is 13.2. The fourth-order valence-corrected chi connectivity index (χ4v) is 4.40. The van der Waals surface area contributed by atoms with Crippen LogP contribution in [0.1, 0.15) is 43.4 Å². The zero-order chi connectivity index (χ0) is 21.9. The van der Waals surface area contributed by atoms with Gasteiger partial charge in [-0.05, 0) is 42.5 Å². The molecule has 0 saturated heterocycles. The molecule has 0 aromatic heterocycles. The summed E-state index contributed by atoms with van der Waals surface area (Å²) in [6, 6.07) is 15.2. The maximum Gasteiger partial charge on any atom is 0.242 e. The first-order valence-corrected chi connectivity index (χ1v) is 11.9. The largest absolute Gasteiger partial charge is 0.354 e. The third-order valence-corrected chi connectivity index (χ3v) is 6.31. The molecule has 0 heterocycles. The van der Waals surface area contributed by atoms with E-state index in [1.165, 1.54) is 11.8 Å². The minimum Gasteiger partial charge on any atom is -0.354 e. The van der Waals surface area contributed by atoms with Crippen molar-refractivity contribution in [2.75, 3.05) is 12.3 Å². The van der Waals surface area contributed by atoms with Crippen LogP contribution in [-0.4, -0.2) is 35.1 Å². The van der Waals surface area contributed by atoms with Gasteiger partial charge in [-0.25, -0.2) is 0 Å². The molecule has 162 valence electrons. The van der Waals surface area contributed by atoms with Crippen LogP contribution in [0.15, 0.2) is 48.5 Å². The van der Waals surface area contributed by atoms with E-state index in [0.29, 0.717) is 36.0 Å². The van der Waals surface area contributed by atoms with Gasteiger partial charge >= 0.3 is 0 Å². The monoisotopic (exact) mass is 446 g/mol. The number of halogens is 1. The lowest BCUT2D eigenvalue weighted by molar-refractivity contribution is -0.139. The van der Waals surface area contributed by atoms with Crippen molar-refractivity contribution >= 4 is 35.2 Å². The molecule has 0 fully saturated rings. The minimum absolute atomic E-state index is 0.0335. The normalized spacial score (nSPS) is 11.7. The Labute approximate surface area is 189 Å². The number of hydrogen-bond acceptors (Lipinski definition) is 3. The zero-order valence-electron chi connectivity index (χ0n) is 18.0. The molecule has 30 heavy (non-hydrogen) atoms. The molecule has 2 rings (SSSR count). The van der Waals surface area contributed by atoms with Crippen molar-refractivity contribution in [3.8, 4) is 0 Å². The first-order valence-electron chi connectivity index (χ1n) is 10.4. The Morgan fingerprint density at radius 1 is 1.07 bits per heavy atom. The molecule has 4 nitrogen and oxygen atoms in total. The second-order valence-corrected chi connectivity index (χ2v) is 8.64. The van der Waals surface area contributed by atoms with E-state index in [-0.39, 0.29) is 11.8 Å². The van der Waals surface area contributed by atoms with E-state index in [4.69, 9.17) is 11.6 Å². The number of amides is 2. The van der Waals surface area contributed by atoms with Gasteiger partial charge in [-0.3, -0.25) is 9.59 Å². The van der Waals surface area contributed by atoms with Gasteiger partial charge in [0.25, 0.3) is 0 Å². The molecule has 2 aromatic rings. The van der Waals surface area contributed by atoms with E-state index < -0.39 is 6.04 Å². The van der Waals surface area contributed by atoms with E-state index in [0.717, 1.165) is 23.1 Å². The van der Waals surface area contributed by atoms with Crippen molar-refractivity contribution < 1.29 is 9.59 Å². The van der Waals surface area contributed by atoms with Crippen LogP contribution in [0.5, 0.6) is 0 Å². The number of hydrogen-bond donors (Lipinski definition) is 1. The van der Waals surface area contributed by atoms with Crippen molar-refractivity contribution in [1.82, 2.24) is 10.2 Å². The first-order chi connectivity index (χ1) is 14.5. The van der Waals surface area contributed by atoms with Gasteiger partial charge in [0.1, 0.15) is 6.04 Å². The molecule has 2 aromatic carbocycles. The van der Waals surface area contributed by atoms with Crippen LogP contribution >= 0.6 is 23.4 Å². The molecule has 0 radical (unpaired) electrons. The highest BCUT2D eigenvalue weighted by Gasteiger charge is 2.28. The second kappa shape index (κ2) is 12.7. The number of nitrogens with one attached hydrogen (secondary N) is 1. The van der Waals surface area contributed by atoms with Crippen molar-refractivity contribution in [3.63, 3.8) is 0 Å². The number of thioether (sulfide) groups is 1. The van der Waals surface area contributed by atoms with Crippen LogP contribution in [0.2, 0.25) is 5.02 Å². The van der Waals surface area contributed by atoms with Gasteiger partial charge in [0.05, 0.1) is 5.75 Å². The highest BCUT2D eigenvalue weighted by Crippen LogP contribution is 2.22. The van der Waals surface area contributed by atoms with Crippen molar-refractivity contribution in [2.24, 2.45) is 0 Å². The fraction of sp³-hybridized carbons (Fsp3) is 0.417. The van der Waals surface area contributed by atoms with E-state index >= 15 is 0 Å². The van der Waals surface area contributed by atoms with Gasteiger partial charge in [-0.15, -0.1) is 11.8 Å². The van der Waals surface area contributed by atoms with Crippen molar-refractivity contribution in [3.05, 3.63) is 70.2 Å². The zero-order valence-corrected chi connectivity index (χ0v) is 19.6. The predicted molar refractivity (Wildman–Crippen MR) is 127 cm³/mol. The molecular formula is C24H31ClN2O2S. The number of carbonyl (C=O) groups excluding carboxylic acids is 2. The number of rotatable bonds is 11. The van der Waals surface area contributed by atoms with Crippen LogP contribution in [0, 0.1) is 6.92 Å². The summed E-state index contributed by atoms with van der Waals surface area (Å²) in [6.07, 6.45) is 1.43. The molecule has 1 atom stereocenters. The van der Waals surface area contributed by atoms with Gasteiger partial charge < -0.3 is 10.2 Å². The van der Waals surface area contributed by atoms with Crippen molar-refractivity contribution in [1.29, 1.82) is 0 Å². The second-order valence-electron chi connectivity index (χ2n) is 7.25. The molecule has 0 aliphatic heterocycles. The molecular weight excluding hydrogens is 416 g/mol. The van der Waals surface area contributed by atoms with E-state index in [2.05, 4.69) is 5.32 Å². The molecule has 6 heteroatoms. The van der Waals surface area contributed by atoms with Gasteiger partial charge in [0, 0.05) is 23.9 Å². The van der Waals surface area contributed by atoms with Crippen LogP contribution in [-0.2, 0) is 21.9 Å². The van der Waals surface area contributed by atoms with Gasteiger partial charge in [-0.2, -0.15) is 0 Å². The molecule has 0 bridgehead atoms. The Bertz CT molecular complexity index is 843. The average molecular weight is 447 g/mol. The lowest BCUT2D eigenvalue weighted by Crippen LogP contribution is -2.49. The summed E-state index contributed by atoms with van der Waals surface area (Å²) in [7, 11) is 0. The summed E-state index contributed by atoms with van der Waals surface area (Å²) in [6.45, 7) is 7.04. The number of benzene rings is 2. The Balaban J connectivity index is 2.14. The highest BCUT2D eigenvalue weighted by molar-refractivity contribution is 7.99. The smallest absolute Gasteiger partial charge is 0.242 e. The molecule has 0 spiro atoms. The highest BCUT2D eigenvalue weighted by atomic mass is 35.5. The number of carbonyl (C=O) groups is 2. The summed E-state index contributed by atoms with van der Waals surface area (Å²) in [5, 5.41) is 3.66. The first kappa shape index (κ1) is 24.3. The summed E-state index contributed by atoms with van der Waals surface area (Å²) in [4.78, 5) is 27.7. The number of aryl methyl sites for hydroxylation is 1. The van der Waals surface area contributed by atoms with Gasteiger partial charge in [0.2, 0.25) is 11.8 Å². The quantitative estimate of drug-likeness (QED) is 0.515. The van der Waals surface area contributed by atoms with E-state index in [1.807, 2.05) is 69.3 Å². The Hall–Kier alpha value is -1.98. The van der Waals surface area contributed by atoms with Crippen LogP contribution in [0.4, 0.5) is 0 Å². The summed E-state index contributed by atoms with van der Waals surface area (Å²) < 4.78 is 0. The van der Waals surface area contributed by atoms with Gasteiger partial charge in [0.15, 0.2) is 0 Å². The Morgan fingerprint density at radius 2 is 1.73 bits per heavy atom. The SMILES string of the molecule is CCCNC(=O)C(CC)N(Cc1ccccc1C)C(=O)CSCc1ccccc1Cl. The summed E-state index contributed by atoms with van der Waals surface area (Å²) >= 11 is 7.75. The Kier molecular flexibility index (Phi) is 10.2. The minimum atomic E-state index is -0.482. The molecule has 2 amide bonds. The molecule has 0 saturated carbocycles. The molecule has 1 unspecified atom stereocenters. The third-order valence-electron chi connectivity index (χ3n) is 4.98. The summed E-state index contributed by atoms with van der Waals surface area (Å²) in [5.74, 6) is 0.836. The lowest BCUT2D eigenvalue weighted by Gasteiger charge is -2.31. The summed E-state index contributed by atoms with van der Waals surface area (Å²) in [5.41, 5.74) is 3.18. The number of nitrogens with zero attached hydrogens (tertiary/aromatic N) is 1. The molecule has 0 aliphatic rings. The maximum absolute atomic E-state index is 13.2. The van der Waals surface area contributed by atoms with Crippen LogP contribution in [0.3, 0.4) is 0 Å². The molecule has 1 N–H and O–H groups in total. The van der Waals surface area contributed by atoms with E-state index in [9.17, 15) is 9.59 Å². The fourth-order valence-electron chi connectivity index (χ4n) is 3.20. The average Bonchev–Trinajstić information content (AvgIpc) is 2.74. The van der Waals surface area contributed by atoms with E-state index in [1.54, 1.807) is 4.90 Å².